The quantitative estimate of drug-likeness (QED) is 0.910. The molecule has 0 radical (unpaired) electrons. The zero-order chi connectivity index (χ0) is 15.0. The second kappa shape index (κ2) is 5.02. The van der Waals surface area contributed by atoms with Crippen LogP contribution in [0.25, 0.3) is 0 Å². The summed E-state index contributed by atoms with van der Waals surface area (Å²) in [5.74, 6) is 0. The summed E-state index contributed by atoms with van der Waals surface area (Å²) in [5, 5.41) is 20.8. The van der Waals surface area contributed by atoms with Gasteiger partial charge in [0.1, 0.15) is 0 Å². The number of benzene rings is 2. The van der Waals surface area contributed by atoms with Crippen molar-refractivity contribution in [1.82, 2.24) is 0 Å². The van der Waals surface area contributed by atoms with Gasteiger partial charge in [-0.3, -0.25) is 0 Å². The molecule has 1 N–H and O–H groups in total. The molecule has 0 amide bonds. The summed E-state index contributed by atoms with van der Waals surface area (Å²) < 4.78 is 0. The smallest absolute Gasteiger partial charge is 0.0987 e. The van der Waals surface area contributed by atoms with Crippen LogP contribution in [0.4, 0.5) is 0 Å². The van der Waals surface area contributed by atoms with Crippen molar-refractivity contribution in [3.05, 3.63) is 70.3 Å². The van der Waals surface area contributed by atoms with Gasteiger partial charge in [-0.1, -0.05) is 42.5 Å². The minimum Gasteiger partial charge on any atom is -0.387 e. The van der Waals surface area contributed by atoms with Gasteiger partial charge < -0.3 is 5.11 Å². The molecule has 0 heterocycles. The lowest BCUT2D eigenvalue weighted by Gasteiger charge is -2.29. The van der Waals surface area contributed by atoms with Crippen molar-refractivity contribution in [2.45, 2.75) is 32.8 Å². The van der Waals surface area contributed by atoms with E-state index in [9.17, 15) is 10.4 Å². The van der Waals surface area contributed by atoms with E-state index >= 15 is 0 Å². The van der Waals surface area contributed by atoms with Crippen LogP contribution in [0, 0.1) is 30.6 Å². The Labute approximate surface area is 125 Å². The van der Waals surface area contributed by atoms with Crippen molar-refractivity contribution in [2.24, 2.45) is 5.41 Å². The van der Waals surface area contributed by atoms with Gasteiger partial charge in [-0.25, -0.2) is 0 Å². The molecule has 21 heavy (non-hydrogen) atoms. The Morgan fingerprint density at radius 3 is 2.00 bits per heavy atom. The van der Waals surface area contributed by atoms with Crippen molar-refractivity contribution in [3.63, 3.8) is 0 Å². The van der Waals surface area contributed by atoms with Gasteiger partial charge in [0.15, 0.2) is 0 Å². The molecule has 0 bridgehead atoms. The average Bonchev–Trinajstić information content (AvgIpc) is 2.87. The third-order valence-electron chi connectivity index (χ3n) is 4.69. The monoisotopic (exact) mass is 277 g/mol. The van der Waals surface area contributed by atoms with E-state index < -0.39 is 11.5 Å². The van der Waals surface area contributed by atoms with Crippen LogP contribution in [0.15, 0.2) is 42.5 Å². The number of fused-ring (bicyclic) bond motifs is 1. The number of aliphatic hydroxyl groups is 1. The van der Waals surface area contributed by atoms with Gasteiger partial charge >= 0.3 is 0 Å². The van der Waals surface area contributed by atoms with Gasteiger partial charge in [-0.2, -0.15) is 5.26 Å². The van der Waals surface area contributed by atoms with Crippen molar-refractivity contribution in [2.75, 3.05) is 0 Å². The van der Waals surface area contributed by atoms with E-state index in [1.807, 2.05) is 44.2 Å². The van der Waals surface area contributed by atoms with Gasteiger partial charge in [0.2, 0.25) is 0 Å². The van der Waals surface area contributed by atoms with Crippen LogP contribution in [-0.2, 0) is 12.8 Å². The van der Waals surface area contributed by atoms with E-state index in [0.717, 1.165) is 16.7 Å². The molecule has 0 saturated heterocycles. The molecule has 1 atom stereocenters. The zero-order valence-electron chi connectivity index (χ0n) is 12.4. The molecule has 2 aromatic carbocycles. The lowest BCUT2D eigenvalue weighted by molar-refractivity contribution is 0.0682. The highest BCUT2D eigenvalue weighted by molar-refractivity contribution is 5.43. The molecule has 1 aliphatic carbocycles. The summed E-state index contributed by atoms with van der Waals surface area (Å²) >= 11 is 0. The fourth-order valence-corrected chi connectivity index (χ4v) is 3.51. The largest absolute Gasteiger partial charge is 0.387 e. The minimum absolute atomic E-state index is 0.620. The Morgan fingerprint density at radius 2 is 1.52 bits per heavy atom. The normalized spacial score (nSPS) is 17.0. The van der Waals surface area contributed by atoms with E-state index in [4.69, 9.17) is 0 Å². The van der Waals surface area contributed by atoms with Crippen molar-refractivity contribution in [1.29, 1.82) is 5.26 Å². The third-order valence-corrected chi connectivity index (χ3v) is 4.69. The van der Waals surface area contributed by atoms with Gasteiger partial charge in [0.25, 0.3) is 0 Å². The van der Waals surface area contributed by atoms with Crippen LogP contribution >= 0.6 is 0 Å². The Balaban J connectivity index is 2.05. The predicted octanol–water partition coefficient (Wildman–Crippen LogP) is 3.65. The molecule has 2 aromatic rings. The van der Waals surface area contributed by atoms with Gasteiger partial charge in [-0.15, -0.1) is 0 Å². The molecule has 1 aliphatic rings. The summed E-state index contributed by atoms with van der Waals surface area (Å²) in [6, 6.07) is 16.5. The van der Waals surface area contributed by atoms with Gasteiger partial charge in [0, 0.05) is 0 Å². The maximum atomic E-state index is 11.0. The first kappa shape index (κ1) is 13.9. The summed E-state index contributed by atoms with van der Waals surface area (Å²) in [6.45, 7) is 4.00. The molecular weight excluding hydrogens is 258 g/mol. The molecule has 1 unspecified atom stereocenters. The molecule has 106 valence electrons. The Hall–Kier alpha value is -2.11. The number of hydrogen-bond donors (Lipinski definition) is 1. The number of hydrogen-bond acceptors (Lipinski definition) is 2. The summed E-state index contributed by atoms with van der Waals surface area (Å²) in [5.41, 5.74) is 4.63. The topological polar surface area (TPSA) is 44.0 Å². The fourth-order valence-electron chi connectivity index (χ4n) is 3.51. The van der Waals surface area contributed by atoms with Crippen LogP contribution in [0.2, 0.25) is 0 Å². The number of aliphatic hydroxyl groups excluding tert-OH is 1. The first-order chi connectivity index (χ1) is 10.1. The number of nitrogens with zero attached hydrogens (tertiary/aromatic N) is 1. The van der Waals surface area contributed by atoms with Crippen LogP contribution in [-0.4, -0.2) is 5.11 Å². The van der Waals surface area contributed by atoms with Gasteiger partial charge in [0.05, 0.1) is 17.6 Å². The second-order valence-corrected chi connectivity index (χ2v) is 6.10. The molecule has 0 aromatic heterocycles. The average molecular weight is 277 g/mol. The Morgan fingerprint density at radius 1 is 1.00 bits per heavy atom. The van der Waals surface area contributed by atoms with Crippen LogP contribution in [0.3, 0.4) is 0 Å². The van der Waals surface area contributed by atoms with E-state index in [1.165, 1.54) is 11.1 Å². The molecule has 0 aliphatic heterocycles. The fraction of sp³-hybridized carbons (Fsp3) is 0.316. The highest BCUT2D eigenvalue weighted by Crippen LogP contribution is 2.46. The van der Waals surface area contributed by atoms with Crippen molar-refractivity contribution >= 4 is 0 Å². The summed E-state index contributed by atoms with van der Waals surface area (Å²) in [7, 11) is 0. The molecule has 2 heteroatoms. The SMILES string of the molecule is Cc1cccc(C)c1C(O)C1(C#N)Cc2ccccc2C1. The Bertz CT molecular complexity index is 681. The lowest BCUT2D eigenvalue weighted by atomic mass is 9.75. The van der Waals surface area contributed by atoms with E-state index in [0.29, 0.717) is 12.8 Å². The second-order valence-electron chi connectivity index (χ2n) is 6.10. The standard InChI is InChI=1S/C19H19NO/c1-13-6-5-7-14(2)17(13)18(21)19(12-20)10-15-8-3-4-9-16(15)11-19/h3-9,18,21H,10-11H2,1-2H3. The zero-order valence-corrected chi connectivity index (χ0v) is 12.4. The lowest BCUT2D eigenvalue weighted by Crippen LogP contribution is -2.29. The predicted molar refractivity (Wildman–Crippen MR) is 82.8 cm³/mol. The molecule has 3 rings (SSSR count). The van der Waals surface area contributed by atoms with Crippen LogP contribution in [0.5, 0.6) is 0 Å². The van der Waals surface area contributed by atoms with Crippen LogP contribution < -0.4 is 0 Å². The first-order valence-electron chi connectivity index (χ1n) is 7.29. The number of nitriles is 1. The minimum atomic E-state index is -0.754. The summed E-state index contributed by atoms with van der Waals surface area (Å²) in [6.07, 6.45) is 0.486. The maximum absolute atomic E-state index is 11.0. The van der Waals surface area contributed by atoms with E-state index in [-0.39, 0.29) is 0 Å². The molecule has 0 spiro atoms. The van der Waals surface area contributed by atoms with E-state index in [2.05, 4.69) is 18.2 Å². The number of aryl methyl sites for hydroxylation is 2. The molecular formula is C19H19NO. The molecule has 0 saturated carbocycles. The van der Waals surface area contributed by atoms with Crippen molar-refractivity contribution < 1.29 is 5.11 Å². The molecule has 0 fully saturated rings. The third kappa shape index (κ3) is 2.14. The van der Waals surface area contributed by atoms with Crippen LogP contribution in [0.1, 0.15) is 33.9 Å². The van der Waals surface area contributed by atoms with Crippen molar-refractivity contribution in [3.8, 4) is 6.07 Å². The highest BCUT2D eigenvalue weighted by Gasteiger charge is 2.45. The summed E-state index contributed by atoms with van der Waals surface area (Å²) in [4.78, 5) is 0. The van der Waals surface area contributed by atoms with E-state index in [1.54, 1.807) is 0 Å². The highest BCUT2D eigenvalue weighted by atomic mass is 16.3. The Kier molecular flexibility index (Phi) is 3.31. The number of rotatable bonds is 2. The molecule has 2 nitrogen and oxygen atoms in total. The first-order valence-corrected chi connectivity index (χ1v) is 7.29. The van der Waals surface area contributed by atoms with Gasteiger partial charge in [-0.05, 0) is 54.5 Å². The maximum Gasteiger partial charge on any atom is 0.0987 e.